The van der Waals surface area contributed by atoms with Crippen LogP contribution in [0.3, 0.4) is 0 Å². The van der Waals surface area contributed by atoms with Crippen LogP contribution in [0.15, 0.2) is 30.9 Å². The molecule has 0 saturated carbocycles. The Balaban J connectivity index is 1.30. The first kappa shape index (κ1) is 25.4. The van der Waals surface area contributed by atoms with Crippen LogP contribution >= 0.6 is 0 Å². The van der Waals surface area contributed by atoms with E-state index >= 15 is 0 Å². The number of ketones is 1. The molecule has 40 heavy (non-hydrogen) atoms. The van der Waals surface area contributed by atoms with Gasteiger partial charge in [-0.1, -0.05) is 6.07 Å². The number of hydrogen-bond acceptors (Lipinski definition) is 10. The van der Waals surface area contributed by atoms with Gasteiger partial charge < -0.3 is 25.7 Å². The molecule has 0 bridgehead atoms. The van der Waals surface area contributed by atoms with Gasteiger partial charge in [0.1, 0.15) is 24.8 Å². The number of fused-ring (bicyclic) bond motifs is 1. The molecule has 6 rings (SSSR count). The fourth-order valence-corrected chi connectivity index (χ4v) is 5.60. The number of likely N-dealkylation sites (tertiary alicyclic amines) is 1. The molecule has 4 aromatic rings. The summed E-state index contributed by atoms with van der Waals surface area (Å²) in [7, 11) is 0. The zero-order valence-corrected chi connectivity index (χ0v) is 22.0. The number of nitrogen functional groups attached to an aromatic ring is 1. The molecule has 2 amide bonds. The average molecular weight is 545 g/mol. The highest BCUT2D eigenvalue weighted by Crippen LogP contribution is 2.31. The molecule has 2 fully saturated rings. The number of nitrogens with one attached hydrogen (secondary N) is 2. The highest BCUT2D eigenvalue weighted by molar-refractivity contribution is 6.00. The number of H-pyrrole nitrogens is 1. The normalized spacial score (nSPS) is 20.6. The van der Waals surface area contributed by atoms with Crippen molar-refractivity contribution in [1.82, 2.24) is 45.0 Å². The number of hydrogen-bond donors (Lipinski definition) is 3. The number of aromatic amines is 1. The molecule has 2 saturated heterocycles. The van der Waals surface area contributed by atoms with Gasteiger partial charge >= 0.3 is 6.09 Å². The van der Waals surface area contributed by atoms with Gasteiger partial charge in [-0.25, -0.2) is 9.78 Å². The van der Waals surface area contributed by atoms with Gasteiger partial charge in [-0.3, -0.25) is 14.6 Å². The number of alkyl carbamates (subject to hydrolysis) is 1. The Labute approximate surface area is 228 Å². The lowest BCUT2D eigenvalue weighted by atomic mass is 10.0. The number of carbonyl (C=O) groups excluding carboxylic acids is 3. The fourth-order valence-electron chi connectivity index (χ4n) is 5.60. The molecule has 4 N–H and O–H groups in total. The number of nitrogens with two attached hydrogens (primary N) is 1. The number of Topliss-reactive ketones (excluding diaryl/α,β-unsaturated/α-hetero) is 1. The molecule has 1 unspecified atom stereocenters. The molecular weight excluding hydrogens is 516 g/mol. The zero-order chi connectivity index (χ0) is 28.0. The molecule has 0 aliphatic carbocycles. The van der Waals surface area contributed by atoms with Crippen LogP contribution in [-0.4, -0.2) is 76.1 Å². The van der Waals surface area contributed by atoms with Gasteiger partial charge in [0.15, 0.2) is 11.4 Å². The number of rotatable bonds is 7. The number of pyridine rings is 1. The summed E-state index contributed by atoms with van der Waals surface area (Å²) in [5.41, 5.74) is 9.97. The molecule has 0 radical (unpaired) electrons. The lowest BCUT2D eigenvalue weighted by molar-refractivity contribution is 0.0659. The van der Waals surface area contributed by atoms with Gasteiger partial charge in [0, 0.05) is 29.4 Å². The Morgan fingerprint density at radius 3 is 2.75 bits per heavy atom. The van der Waals surface area contributed by atoms with Crippen LogP contribution < -0.4 is 11.1 Å². The second kappa shape index (κ2) is 10.0. The van der Waals surface area contributed by atoms with Crippen LogP contribution in [0, 0.1) is 0 Å². The summed E-state index contributed by atoms with van der Waals surface area (Å²) < 4.78 is 6.42. The summed E-state index contributed by atoms with van der Waals surface area (Å²) >= 11 is 0. The van der Waals surface area contributed by atoms with E-state index in [1.54, 1.807) is 12.4 Å². The Morgan fingerprint density at radius 2 is 2.08 bits per heavy atom. The number of cyclic esters (lactones) is 1. The molecule has 3 atom stereocenters. The van der Waals surface area contributed by atoms with E-state index in [9.17, 15) is 14.4 Å². The maximum Gasteiger partial charge on any atom is 0.407 e. The summed E-state index contributed by atoms with van der Waals surface area (Å²) in [6.45, 7) is 3.69. The molecule has 206 valence electrons. The van der Waals surface area contributed by atoms with Crippen molar-refractivity contribution in [3.63, 3.8) is 0 Å². The Hall–Kier alpha value is -4.88. The average Bonchev–Trinajstić information content (AvgIpc) is 3.74. The third kappa shape index (κ3) is 4.40. The molecule has 14 heteroatoms. The van der Waals surface area contributed by atoms with Gasteiger partial charge in [-0.15, -0.1) is 10.2 Å². The van der Waals surface area contributed by atoms with Crippen LogP contribution in [0.5, 0.6) is 0 Å². The van der Waals surface area contributed by atoms with Crippen LogP contribution in [-0.2, 0) is 11.2 Å². The molecule has 0 spiro atoms. The number of anilines is 1. The summed E-state index contributed by atoms with van der Waals surface area (Å²) in [5, 5.41) is 14.7. The zero-order valence-electron chi connectivity index (χ0n) is 22.0. The topological polar surface area (TPSA) is 186 Å². The van der Waals surface area contributed by atoms with Crippen molar-refractivity contribution < 1.29 is 19.1 Å². The van der Waals surface area contributed by atoms with Crippen LogP contribution in [0.4, 0.5) is 10.6 Å². The van der Waals surface area contributed by atoms with Gasteiger partial charge in [-0.2, -0.15) is 9.61 Å². The second-order valence-corrected chi connectivity index (χ2v) is 10.1. The predicted molar refractivity (Wildman–Crippen MR) is 141 cm³/mol. The van der Waals surface area contributed by atoms with Crippen LogP contribution in [0.25, 0.3) is 16.8 Å². The van der Waals surface area contributed by atoms with Crippen molar-refractivity contribution in [2.75, 3.05) is 12.3 Å². The van der Waals surface area contributed by atoms with Crippen LogP contribution in [0.1, 0.15) is 71.5 Å². The van der Waals surface area contributed by atoms with E-state index in [2.05, 4.69) is 30.6 Å². The predicted octanol–water partition coefficient (Wildman–Crippen LogP) is 2.10. The Kier molecular flexibility index (Phi) is 6.36. The van der Waals surface area contributed by atoms with Crippen molar-refractivity contribution in [3.8, 4) is 11.1 Å². The number of carbonyl (C=O) groups is 3. The van der Waals surface area contributed by atoms with E-state index in [1.807, 2.05) is 24.0 Å². The largest absolute Gasteiger partial charge is 0.447 e. The first-order valence-electron chi connectivity index (χ1n) is 13.1. The smallest absolute Gasteiger partial charge is 0.407 e. The van der Waals surface area contributed by atoms with Crippen molar-refractivity contribution in [1.29, 1.82) is 0 Å². The lowest BCUT2D eigenvalue weighted by Gasteiger charge is -2.28. The third-order valence-electron chi connectivity index (χ3n) is 7.59. The molecule has 2 aliphatic rings. The third-order valence-corrected chi connectivity index (χ3v) is 7.59. The van der Waals surface area contributed by atoms with E-state index in [4.69, 9.17) is 15.5 Å². The van der Waals surface area contributed by atoms with Crippen LogP contribution in [0.2, 0.25) is 0 Å². The van der Waals surface area contributed by atoms with E-state index in [-0.39, 0.29) is 48.1 Å². The van der Waals surface area contributed by atoms with Gasteiger partial charge in [0.2, 0.25) is 5.82 Å². The monoisotopic (exact) mass is 544 g/mol. The SMILES string of the molecule is CC(=O)c1c(CCC2CC[C@@H](C)N2C(=O)c2nnc[nH]2)nc2c(-c3ccc([C@H]4COC(=O)N4)nc3)cnn2c1N. The first-order chi connectivity index (χ1) is 19.3. The molecular formula is C26H28N10O4. The quantitative estimate of drug-likeness (QED) is 0.291. The minimum absolute atomic E-state index is 0.0483. The highest BCUT2D eigenvalue weighted by Gasteiger charge is 2.36. The Bertz CT molecular complexity index is 1600. The highest BCUT2D eigenvalue weighted by atomic mass is 16.6. The maximum atomic E-state index is 13.1. The van der Waals surface area contributed by atoms with Gasteiger partial charge in [0.05, 0.1) is 23.1 Å². The maximum absolute atomic E-state index is 13.1. The number of aryl methyl sites for hydroxylation is 1. The van der Waals surface area contributed by atoms with E-state index < -0.39 is 6.09 Å². The lowest BCUT2D eigenvalue weighted by Crippen LogP contribution is -2.40. The summed E-state index contributed by atoms with van der Waals surface area (Å²) in [6, 6.07) is 3.38. The molecule has 0 aromatic carbocycles. The molecule has 14 nitrogen and oxygen atoms in total. The fraction of sp³-hybridized carbons (Fsp3) is 0.385. The molecule has 4 aromatic heterocycles. The van der Waals surface area contributed by atoms with Crippen molar-refractivity contribution in [2.24, 2.45) is 0 Å². The van der Waals surface area contributed by atoms with Crippen molar-refractivity contribution in [2.45, 2.75) is 57.7 Å². The standard InChI is InChI=1S/C26H28N10O4/c1-13-3-5-16(35(13)25(38)23-29-12-30-34-23)6-8-19-21(14(2)37)22(27)36-24(32-19)17(10-31-36)15-4-7-18(28-9-15)20-11-40-26(39)33-20/h4,7,9-10,12-13,16,20H,3,5-6,8,11,27H2,1-2H3,(H,33,39)(H,29,30,34)/t13-,16?,20-/m1/s1. The number of amides is 2. The molecule has 2 aliphatic heterocycles. The van der Waals surface area contributed by atoms with E-state index in [0.717, 1.165) is 18.4 Å². The van der Waals surface area contributed by atoms with Gasteiger partial charge in [-0.05, 0) is 45.6 Å². The summed E-state index contributed by atoms with van der Waals surface area (Å²) in [4.78, 5) is 51.1. The number of aromatic nitrogens is 7. The van der Waals surface area contributed by atoms with Gasteiger partial charge in [0.25, 0.3) is 5.91 Å². The van der Waals surface area contributed by atoms with E-state index in [0.29, 0.717) is 41.0 Å². The first-order valence-corrected chi connectivity index (χ1v) is 13.1. The van der Waals surface area contributed by atoms with Crippen molar-refractivity contribution in [3.05, 3.63) is 53.6 Å². The molecule has 6 heterocycles. The second-order valence-electron chi connectivity index (χ2n) is 10.1. The van der Waals surface area contributed by atoms with Crippen molar-refractivity contribution >= 4 is 29.2 Å². The minimum atomic E-state index is -0.468. The Morgan fingerprint density at radius 1 is 1.23 bits per heavy atom. The minimum Gasteiger partial charge on any atom is -0.447 e. The van der Waals surface area contributed by atoms with E-state index in [1.165, 1.54) is 17.8 Å². The summed E-state index contributed by atoms with van der Waals surface area (Å²) in [5.74, 6) is 0.0158. The number of nitrogens with zero attached hydrogens (tertiary/aromatic N) is 7. The summed E-state index contributed by atoms with van der Waals surface area (Å²) in [6.07, 6.45) is 6.97. The number of ether oxygens (including phenoxy) is 1.